The zero-order valence-electron chi connectivity index (χ0n) is 16.0. The number of hydrogen-bond donors (Lipinski definition) is 0. The van der Waals surface area contributed by atoms with E-state index in [0.29, 0.717) is 0 Å². The van der Waals surface area contributed by atoms with E-state index in [4.69, 9.17) is 0 Å². The maximum absolute atomic E-state index is 4.16. The fourth-order valence-electron chi connectivity index (χ4n) is 4.31. The minimum absolute atomic E-state index is 1.05. The molecule has 124 valence electrons. The van der Waals surface area contributed by atoms with Gasteiger partial charge in [0.2, 0.25) is 0 Å². The molecular formula is C14H38PdSi4Sn. The van der Waals surface area contributed by atoms with Crippen molar-refractivity contribution < 1.29 is 15.0 Å². The Morgan fingerprint density at radius 3 is 0.750 bits per heavy atom. The molecule has 0 aliphatic carbocycles. The van der Waals surface area contributed by atoms with Crippen LogP contribution in [0.4, 0.5) is 0 Å². The van der Waals surface area contributed by atoms with Crippen molar-refractivity contribution in [2.75, 3.05) is 0 Å². The average molecular weight is 544 g/mol. The Labute approximate surface area is 147 Å². The van der Waals surface area contributed by atoms with Crippen LogP contribution < -0.4 is 0 Å². The van der Waals surface area contributed by atoms with Gasteiger partial charge in [-0.15, -0.1) is 0 Å². The first-order valence-electron chi connectivity index (χ1n) is 7.89. The zero-order valence-corrected chi connectivity index (χ0v) is 24.4. The van der Waals surface area contributed by atoms with Gasteiger partial charge in [-0.2, -0.15) is 0 Å². The Kier molecular flexibility index (Phi) is 7.88. The molecule has 0 atom stereocenters. The van der Waals surface area contributed by atoms with E-state index >= 15 is 0 Å². The topological polar surface area (TPSA) is 0 Å². The van der Waals surface area contributed by atoms with E-state index in [1.807, 2.05) is 0 Å². The van der Waals surface area contributed by atoms with Gasteiger partial charge >= 0.3 is 148 Å². The first-order valence-corrected chi connectivity index (χ1v) is 31.6. The van der Waals surface area contributed by atoms with Crippen LogP contribution >= 0.6 is 0 Å². The van der Waals surface area contributed by atoms with Crippen LogP contribution in [0.1, 0.15) is 0 Å². The van der Waals surface area contributed by atoms with Crippen molar-refractivity contribution in [1.29, 1.82) is 0 Å². The molecule has 0 fully saturated rings. The van der Waals surface area contributed by atoms with Crippen LogP contribution in [0.15, 0.2) is 0 Å². The van der Waals surface area contributed by atoms with Gasteiger partial charge in [-0.1, -0.05) is 0 Å². The molecular weight excluding hydrogens is 506 g/mol. The van der Waals surface area contributed by atoms with E-state index in [0.717, 1.165) is 0 Å². The predicted octanol–water partition coefficient (Wildman–Crippen LogP) is 5.77. The van der Waals surface area contributed by atoms with Gasteiger partial charge in [0, 0.05) is 0 Å². The third kappa shape index (κ3) is 6.44. The first kappa shape index (κ1) is 22.3. The van der Waals surface area contributed by atoms with Gasteiger partial charge < -0.3 is 0 Å². The SMILES string of the molecule is C[Si](C)(C)[CH]([Sn](=[Pd])[CH]([Si](C)(C)C)[Si](C)(C)C)[Si](C)(C)C. The van der Waals surface area contributed by atoms with E-state index < -0.39 is 48.4 Å². The van der Waals surface area contributed by atoms with Crippen LogP contribution in [0.3, 0.4) is 0 Å². The fraction of sp³-hybridized carbons (Fsp3) is 1.00. The molecule has 20 heavy (non-hydrogen) atoms. The van der Waals surface area contributed by atoms with Gasteiger partial charge in [0.25, 0.3) is 0 Å². The Morgan fingerprint density at radius 1 is 0.500 bits per heavy atom. The van der Waals surface area contributed by atoms with E-state index in [1.54, 1.807) is 0 Å². The maximum atomic E-state index is 4.16. The Bertz CT molecular complexity index is 293. The first-order chi connectivity index (χ1) is 8.40. The fourth-order valence-corrected chi connectivity index (χ4v) is 119. The van der Waals surface area contributed by atoms with Crippen molar-refractivity contribution in [2.45, 2.75) is 84.9 Å². The van der Waals surface area contributed by atoms with Gasteiger partial charge in [-0.05, 0) is 0 Å². The second kappa shape index (κ2) is 7.06. The van der Waals surface area contributed by atoms with Crippen LogP contribution in [0.25, 0.3) is 0 Å². The van der Waals surface area contributed by atoms with Crippen LogP contribution in [0.2, 0.25) is 84.9 Å². The quantitative estimate of drug-likeness (QED) is 0.373. The summed E-state index contributed by atoms with van der Waals surface area (Å²) in [7, 11) is -4.20. The Hall–Kier alpha value is 2.33. The van der Waals surface area contributed by atoms with Crippen molar-refractivity contribution in [2.24, 2.45) is 0 Å². The molecule has 0 saturated heterocycles. The molecule has 0 spiro atoms. The summed E-state index contributed by atoms with van der Waals surface area (Å²) >= 11 is 2.64. The third-order valence-corrected chi connectivity index (χ3v) is 78.9. The molecule has 0 aliphatic heterocycles. The summed E-state index contributed by atoms with van der Waals surface area (Å²) < 4.78 is 2.37. The van der Waals surface area contributed by atoms with Gasteiger partial charge in [-0.3, -0.25) is 0 Å². The number of hydrogen-bond acceptors (Lipinski definition) is 0. The van der Waals surface area contributed by atoms with Crippen molar-refractivity contribution in [3.8, 4) is 0 Å². The molecule has 0 rings (SSSR count). The summed E-state index contributed by atoms with van der Waals surface area (Å²) in [6, 6.07) is 0. The molecule has 0 saturated carbocycles. The van der Waals surface area contributed by atoms with Crippen LogP contribution in [0, 0.1) is 0 Å². The minimum atomic E-state index is -1.52. The molecule has 0 unspecified atom stereocenters. The summed E-state index contributed by atoms with van der Waals surface area (Å²) in [6.45, 7) is 31.8. The van der Waals surface area contributed by atoms with Crippen LogP contribution in [-0.4, -0.2) is 48.4 Å². The molecule has 0 amide bonds. The van der Waals surface area contributed by atoms with Gasteiger partial charge in [0.05, 0.1) is 0 Å². The molecule has 0 aromatic carbocycles. The molecule has 0 nitrogen and oxygen atoms in total. The van der Waals surface area contributed by atoms with Gasteiger partial charge in [0.15, 0.2) is 0 Å². The molecule has 0 aromatic heterocycles. The Morgan fingerprint density at radius 2 is 0.650 bits per heavy atom. The Balaban J connectivity index is 5.89. The average Bonchev–Trinajstić information content (AvgIpc) is 1.88. The summed E-state index contributed by atoms with van der Waals surface area (Å²) in [5.74, 6) is 0. The summed E-state index contributed by atoms with van der Waals surface area (Å²) in [5.41, 5.74) is 0. The standard InChI is InChI=1S/2C7H19Si2.Pd.Sn/c2*1-8(2,3)7-9(4,5)6;;/h2*7H,1-6H3;;. The van der Waals surface area contributed by atoms with Crippen molar-refractivity contribution in [3.63, 3.8) is 0 Å². The molecule has 0 N–H and O–H groups in total. The van der Waals surface area contributed by atoms with Gasteiger partial charge in [0.1, 0.15) is 0 Å². The van der Waals surface area contributed by atoms with Crippen molar-refractivity contribution in [3.05, 3.63) is 0 Å². The molecule has 6 heteroatoms. The second-order valence-electron chi connectivity index (χ2n) is 10.7. The van der Waals surface area contributed by atoms with E-state index in [1.165, 1.54) is 6.36 Å². The van der Waals surface area contributed by atoms with Gasteiger partial charge in [-0.25, -0.2) is 0 Å². The second-order valence-corrected chi connectivity index (χ2v) is 51.0. The van der Waals surface area contributed by atoms with E-state index in [-0.39, 0.29) is 0 Å². The molecule has 0 radical (unpaired) electrons. The normalized spacial score (nSPS) is 15.2. The van der Waals surface area contributed by atoms with Crippen LogP contribution in [-0.2, 0) is 15.0 Å². The number of rotatable bonds is 6. The molecule has 0 heterocycles. The summed E-state index contributed by atoms with van der Waals surface area (Å²) in [5, 5.41) is 0. The summed E-state index contributed by atoms with van der Waals surface area (Å²) in [4.78, 5) is 0. The van der Waals surface area contributed by atoms with E-state index in [2.05, 4.69) is 93.6 Å². The monoisotopic (exact) mass is 544 g/mol. The molecule has 0 aromatic rings. The molecule has 0 aliphatic rings. The molecule has 0 bridgehead atoms. The zero-order chi connectivity index (χ0) is 16.7. The van der Waals surface area contributed by atoms with Crippen LogP contribution in [0.5, 0.6) is 0 Å². The third-order valence-electron chi connectivity index (χ3n) is 3.98. The van der Waals surface area contributed by atoms with E-state index in [9.17, 15) is 0 Å². The predicted molar refractivity (Wildman–Crippen MR) is 107 cm³/mol. The van der Waals surface area contributed by atoms with Crippen molar-refractivity contribution in [1.82, 2.24) is 0 Å². The van der Waals surface area contributed by atoms with Crippen molar-refractivity contribution >= 4 is 48.4 Å². The summed E-state index contributed by atoms with van der Waals surface area (Å²) in [6.07, 6.45) is 0.